The normalized spacial score (nSPS) is 9.60. The van der Waals surface area contributed by atoms with Crippen LogP contribution in [0.4, 0.5) is 0 Å². The Morgan fingerprint density at radius 2 is 1.75 bits per heavy atom. The van der Waals surface area contributed by atoms with Crippen molar-refractivity contribution in [1.82, 2.24) is 4.98 Å². The molecule has 1 aromatic heterocycles. The van der Waals surface area contributed by atoms with Crippen molar-refractivity contribution in [2.75, 3.05) is 0 Å². The van der Waals surface area contributed by atoms with E-state index in [9.17, 15) is 19.8 Å². The third-order valence-corrected chi connectivity index (χ3v) is 2.83. The van der Waals surface area contributed by atoms with Crippen molar-refractivity contribution in [1.29, 1.82) is 0 Å². The second kappa shape index (κ2) is 9.88. The number of aromatic nitrogens is 1. The van der Waals surface area contributed by atoms with Crippen molar-refractivity contribution >= 4 is 22.8 Å². The number of hydrogen-bond donors (Lipinski definition) is 1. The van der Waals surface area contributed by atoms with E-state index in [2.05, 4.69) is 4.98 Å². The van der Waals surface area contributed by atoms with Crippen LogP contribution in [0, 0.1) is 0 Å². The fourth-order valence-electron chi connectivity index (χ4n) is 2.04. The summed E-state index contributed by atoms with van der Waals surface area (Å²) in [7, 11) is 0. The molecule has 0 aliphatic heterocycles. The molecule has 0 aliphatic carbocycles. The minimum atomic E-state index is -1.28. The molecule has 94 valence electrons. The molecule has 0 bridgehead atoms. The summed E-state index contributed by atoms with van der Waals surface area (Å²) in [6, 6.07) is 7.16. The van der Waals surface area contributed by atoms with Gasteiger partial charge in [0.05, 0.1) is 11.7 Å². The number of carbonyl (C=O) groups is 2. The van der Waals surface area contributed by atoms with Crippen LogP contribution in [-0.4, -0.2) is 16.9 Å². The van der Waals surface area contributed by atoms with Crippen LogP contribution in [0.25, 0.3) is 10.9 Å². The molecule has 0 fully saturated rings. The number of para-hydroxylation sites is 1. The molecular formula is C13H11K2NO4. The average molecular weight is 323 g/mol. The first-order valence-electron chi connectivity index (χ1n) is 5.60. The first kappa shape index (κ1) is 21.0. The second-order valence-corrected chi connectivity index (χ2v) is 4.04. The number of carbonyl (C=O) groups excluding carboxylic acids is 2. The van der Waals surface area contributed by atoms with E-state index in [1.165, 1.54) is 0 Å². The van der Waals surface area contributed by atoms with Crippen molar-refractivity contribution in [2.24, 2.45) is 0 Å². The number of aliphatic carboxylic acids is 1. The molecule has 0 atom stereocenters. The topological polar surface area (TPSA) is 96.0 Å². The molecule has 5 nitrogen and oxygen atoms in total. The van der Waals surface area contributed by atoms with Gasteiger partial charge in [0.2, 0.25) is 0 Å². The van der Waals surface area contributed by atoms with Gasteiger partial charge in [0, 0.05) is 16.9 Å². The number of H-pyrrole nitrogens is 1. The standard InChI is InChI=1S/C13H13NO4.2K/c15-11(16)7-3-5-9-8-4-1-2-6-10(8)14-12(9)13(17)18;;/h1-2,4,6,14H,3,5,7H2,(H,15,16)(H,17,18);;/q;2*+1/p-2. The van der Waals surface area contributed by atoms with Gasteiger partial charge >= 0.3 is 103 Å². The number of aromatic amines is 1. The van der Waals surface area contributed by atoms with E-state index in [0.717, 1.165) is 5.39 Å². The monoisotopic (exact) mass is 323 g/mol. The van der Waals surface area contributed by atoms with E-state index in [4.69, 9.17) is 0 Å². The van der Waals surface area contributed by atoms with E-state index in [1.807, 2.05) is 0 Å². The predicted molar refractivity (Wildman–Crippen MR) is 60.6 cm³/mol. The molecular weight excluding hydrogens is 312 g/mol. The van der Waals surface area contributed by atoms with Crippen molar-refractivity contribution in [2.45, 2.75) is 19.3 Å². The maximum atomic E-state index is 11.0. The maximum Gasteiger partial charge on any atom is 1.00 e. The van der Waals surface area contributed by atoms with E-state index < -0.39 is 11.9 Å². The zero-order chi connectivity index (χ0) is 13.1. The Balaban J connectivity index is 0.00000180. The predicted octanol–water partition coefficient (Wildman–Crippen LogP) is -6.39. The van der Waals surface area contributed by atoms with Gasteiger partial charge in [-0.15, -0.1) is 0 Å². The van der Waals surface area contributed by atoms with Gasteiger partial charge in [-0.2, -0.15) is 0 Å². The Kier molecular flexibility index (Phi) is 10.4. The molecule has 0 aliphatic rings. The number of carboxylic acids is 2. The Hall–Kier alpha value is 0.973. The molecule has 1 aromatic carbocycles. The molecule has 0 spiro atoms. The van der Waals surface area contributed by atoms with Crippen LogP contribution in [-0.2, 0) is 11.2 Å². The van der Waals surface area contributed by atoms with Crippen LogP contribution in [0.3, 0.4) is 0 Å². The Morgan fingerprint density at radius 1 is 1.10 bits per heavy atom. The number of carboxylic acid groups (broad SMARTS) is 2. The van der Waals surface area contributed by atoms with Crippen LogP contribution in [0.1, 0.15) is 28.9 Å². The first-order valence-corrected chi connectivity index (χ1v) is 5.60. The van der Waals surface area contributed by atoms with Crippen LogP contribution < -0.4 is 113 Å². The van der Waals surface area contributed by atoms with E-state index in [-0.39, 0.29) is 115 Å². The van der Waals surface area contributed by atoms with Gasteiger partial charge in [-0.05, 0) is 30.9 Å². The van der Waals surface area contributed by atoms with Gasteiger partial charge < -0.3 is 24.8 Å². The zero-order valence-electron chi connectivity index (χ0n) is 11.6. The summed E-state index contributed by atoms with van der Waals surface area (Å²) in [5.41, 5.74) is 1.32. The fraction of sp³-hybridized carbons (Fsp3) is 0.231. The van der Waals surface area contributed by atoms with Gasteiger partial charge in [0.15, 0.2) is 0 Å². The van der Waals surface area contributed by atoms with Gasteiger partial charge in [0.1, 0.15) is 0 Å². The molecule has 0 saturated carbocycles. The number of aryl methyl sites for hydroxylation is 1. The summed E-state index contributed by atoms with van der Waals surface area (Å²) in [6.07, 6.45) is 0.609. The van der Waals surface area contributed by atoms with Crippen LogP contribution in [0.5, 0.6) is 0 Å². The molecule has 0 saturated heterocycles. The molecule has 0 unspecified atom stereocenters. The van der Waals surface area contributed by atoms with Crippen LogP contribution >= 0.6 is 0 Å². The largest absolute Gasteiger partial charge is 1.00 e. The minimum absolute atomic E-state index is 0. The van der Waals surface area contributed by atoms with E-state index in [0.29, 0.717) is 23.9 Å². The van der Waals surface area contributed by atoms with E-state index >= 15 is 0 Å². The molecule has 20 heavy (non-hydrogen) atoms. The summed E-state index contributed by atoms with van der Waals surface area (Å²) in [5, 5.41) is 22.2. The summed E-state index contributed by atoms with van der Waals surface area (Å²) in [6.45, 7) is 0. The summed E-state index contributed by atoms with van der Waals surface area (Å²) in [4.78, 5) is 24.2. The molecule has 1 N–H and O–H groups in total. The second-order valence-electron chi connectivity index (χ2n) is 4.04. The third kappa shape index (κ3) is 5.31. The van der Waals surface area contributed by atoms with Crippen LogP contribution in [0.15, 0.2) is 24.3 Å². The Morgan fingerprint density at radius 3 is 2.35 bits per heavy atom. The molecule has 1 heterocycles. The van der Waals surface area contributed by atoms with Gasteiger partial charge in [-0.25, -0.2) is 0 Å². The van der Waals surface area contributed by atoms with E-state index in [1.54, 1.807) is 24.3 Å². The number of aromatic carboxylic acids is 1. The quantitative estimate of drug-likeness (QED) is 0.554. The van der Waals surface area contributed by atoms with Crippen molar-refractivity contribution < 1.29 is 123 Å². The summed E-state index contributed by atoms with van der Waals surface area (Å²) < 4.78 is 0. The number of fused-ring (bicyclic) bond motifs is 1. The molecule has 0 radical (unpaired) electrons. The summed E-state index contributed by atoms with van der Waals surface area (Å²) >= 11 is 0. The maximum absolute atomic E-state index is 11.0. The third-order valence-electron chi connectivity index (χ3n) is 2.83. The fourth-order valence-corrected chi connectivity index (χ4v) is 2.04. The minimum Gasteiger partial charge on any atom is -0.550 e. The summed E-state index contributed by atoms with van der Waals surface area (Å²) in [5.74, 6) is -2.42. The van der Waals surface area contributed by atoms with Gasteiger partial charge in [-0.1, -0.05) is 18.2 Å². The van der Waals surface area contributed by atoms with Gasteiger partial charge in [0.25, 0.3) is 0 Å². The molecule has 2 aromatic rings. The zero-order valence-corrected chi connectivity index (χ0v) is 17.8. The number of nitrogens with one attached hydrogen (secondary N) is 1. The van der Waals surface area contributed by atoms with Crippen molar-refractivity contribution in [3.05, 3.63) is 35.5 Å². The average Bonchev–Trinajstić information content (AvgIpc) is 2.68. The van der Waals surface area contributed by atoms with Gasteiger partial charge in [-0.3, -0.25) is 0 Å². The van der Waals surface area contributed by atoms with Crippen molar-refractivity contribution in [3.63, 3.8) is 0 Å². The Labute approximate surface area is 201 Å². The smallest absolute Gasteiger partial charge is 0.550 e. The molecule has 7 heteroatoms. The SMILES string of the molecule is O=C([O-])CCCc1c(C(=O)[O-])[nH]c2ccccc12.[K+].[K+]. The molecule has 0 amide bonds. The Bertz CT molecular complexity index is 609. The number of hydrogen-bond acceptors (Lipinski definition) is 4. The van der Waals surface area contributed by atoms with Crippen molar-refractivity contribution in [3.8, 4) is 0 Å². The molecule has 2 rings (SSSR count). The van der Waals surface area contributed by atoms with Crippen LogP contribution in [0.2, 0.25) is 0 Å². The number of rotatable bonds is 5. The first-order chi connectivity index (χ1) is 8.59. The number of benzene rings is 1.